The van der Waals surface area contributed by atoms with Crippen molar-refractivity contribution in [3.05, 3.63) is 187 Å². The maximum absolute atomic E-state index is 2.50. The number of allylic oxidation sites excluding steroid dienone is 5. The van der Waals surface area contributed by atoms with Crippen molar-refractivity contribution in [3.63, 3.8) is 0 Å². The highest BCUT2D eigenvalue weighted by Crippen LogP contribution is 2.46. The fourth-order valence-corrected chi connectivity index (χ4v) is 8.68. The van der Waals surface area contributed by atoms with E-state index in [2.05, 4.69) is 185 Å². The molecule has 238 valence electrons. The van der Waals surface area contributed by atoms with E-state index in [0.717, 1.165) is 19.3 Å². The smallest absolute Gasteiger partial charge is 0.0540 e. The van der Waals surface area contributed by atoms with Crippen LogP contribution in [0.15, 0.2) is 170 Å². The van der Waals surface area contributed by atoms with Crippen molar-refractivity contribution in [3.8, 4) is 27.9 Å². The predicted molar refractivity (Wildman–Crippen MR) is 212 cm³/mol. The summed E-state index contributed by atoms with van der Waals surface area (Å²) in [7, 11) is 0. The zero-order valence-corrected chi connectivity index (χ0v) is 27.8. The van der Waals surface area contributed by atoms with Gasteiger partial charge in [0.25, 0.3) is 0 Å². The van der Waals surface area contributed by atoms with Gasteiger partial charge in [0.1, 0.15) is 0 Å². The van der Waals surface area contributed by atoms with Gasteiger partial charge in [0.15, 0.2) is 0 Å². The summed E-state index contributed by atoms with van der Waals surface area (Å²) in [5.41, 5.74) is 15.4. The lowest BCUT2D eigenvalue weighted by Gasteiger charge is -2.27. The molecule has 10 rings (SSSR count). The van der Waals surface area contributed by atoms with Gasteiger partial charge in [0.2, 0.25) is 0 Å². The van der Waals surface area contributed by atoms with E-state index in [4.69, 9.17) is 0 Å². The molecule has 2 aliphatic carbocycles. The highest BCUT2D eigenvalue weighted by atomic mass is 15.0. The minimum atomic E-state index is 0.185. The van der Waals surface area contributed by atoms with E-state index in [1.165, 1.54) is 83.2 Å². The molecule has 50 heavy (non-hydrogen) atoms. The lowest BCUT2D eigenvalue weighted by Crippen LogP contribution is -2.11. The first kappa shape index (κ1) is 28.9. The molecule has 2 heteroatoms. The third kappa shape index (κ3) is 4.42. The maximum atomic E-state index is 2.50. The van der Waals surface area contributed by atoms with Crippen LogP contribution in [0, 0.1) is 0 Å². The zero-order valence-electron chi connectivity index (χ0n) is 27.8. The van der Waals surface area contributed by atoms with E-state index in [1.54, 1.807) is 0 Å². The predicted octanol–water partition coefficient (Wildman–Crippen LogP) is 12.6. The minimum absolute atomic E-state index is 0.185. The zero-order chi connectivity index (χ0) is 33.0. The Labute approximate surface area is 292 Å². The summed E-state index contributed by atoms with van der Waals surface area (Å²) < 4.78 is 5.00. The molecule has 2 heterocycles. The molecule has 0 aliphatic heterocycles. The van der Waals surface area contributed by atoms with Crippen LogP contribution >= 0.6 is 0 Å². The van der Waals surface area contributed by atoms with Crippen LogP contribution in [-0.4, -0.2) is 9.13 Å². The summed E-state index contributed by atoms with van der Waals surface area (Å²) in [5.74, 6) is 0.185. The van der Waals surface area contributed by atoms with Crippen LogP contribution in [0.5, 0.6) is 0 Å². The topological polar surface area (TPSA) is 9.86 Å². The first-order chi connectivity index (χ1) is 24.9. The molecule has 2 nitrogen and oxygen atoms in total. The Bertz CT molecular complexity index is 2640. The number of fused-ring (bicyclic) bond motifs is 6. The molecule has 0 N–H and O–H groups in total. The van der Waals surface area contributed by atoms with E-state index >= 15 is 0 Å². The Morgan fingerprint density at radius 2 is 1.04 bits per heavy atom. The fourth-order valence-electron chi connectivity index (χ4n) is 8.68. The number of para-hydroxylation sites is 4. The number of benzene rings is 6. The Kier molecular flexibility index (Phi) is 6.80. The summed E-state index contributed by atoms with van der Waals surface area (Å²) >= 11 is 0. The molecule has 0 spiro atoms. The van der Waals surface area contributed by atoms with E-state index in [0.29, 0.717) is 0 Å². The number of aromatic nitrogens is 2. The quantitative estimate of drug-likeness (QED) is 0.177. The second-order valence-corrected chi connectivity index (χ2v) is 13.5. The molecule has 0 saturated heterocycles. The molecule has 0 fully saturated rings. The van der Waals surface area contributed by atoms with Gasteiger partial charge in [-0.15, -0.1) is 0 Å². The number of rotatable bonds is 5. The van der Waals surface area contributed by atoms with Gasteiger partial charge >= 0.3 is 0 Å². The normalized spacial score (nSPS) is 15.5. The summed E-state index contributed by atoms with van der Waals surface area (Å²) in [6, 6.07) is 53.6. The lowest BCUT2D eigenvalue weighted by atomic mass is 9.82. The Morgan fingerprint density at radius 3 is 1.78 bits per heavy atom. The van der Waals surface area contributed by atoms with Crippen molar-refractivity contribution in [2.45, 2.75) is 25.2 Å². The van der Waals surface area contributed by atoms with E-state index in [-0.39, 0.29) is 5.92 Å². The summed E-state index contributed by atoms with van der Waals surface area (Å²) in [5, 5.41) is 3.94. The highest BCUT2D eigenvalue weighted by Gasteiger charge is 2.27. The summed E-state index contributed by atoms with van der Waals surface area (Å²) in [6.07, 6.45) is 14.6. The molecule has 0 radical (unpaired) electrons. The second-order valence-electron chi connectivity index (χ2n) is 13.5. The molecule has 2 aromatic heterocycles. The molecule has 8 aromatic rings. The van der Waals surface area contributed by atoms with Gasteiger partial charge in [-0.1, -0.05) is 140 Å². The number of aryl methyl sites for hydroxylation is 1. The van der Waals surface area contributed by atoms with Crippen LogP contribution in [0.2, 0.25) is 0 Å². The fraction of sp³-hybridized carbons (Fsp3) is 0.0833. The highest BCUT2D eigenvalue weighted by molar-refractivity contribution is 6.10. The van der Waals surface area contributed by atoms with Crippen LogP contribution in [0.4, 0.5) is 0 Å². The van der Waals surface area contributed by atoms with Crippen molar-refractivity contribution in [1.29, 1.82) is 0 Å². The summed E-state index contributed by atoms with van der Waals surface area (Å²) in [6.45, 7) is 0. The van der Waals surface area contributed by atoms with Crippen molar-refractivity contribution in [2.75, 3.05) is 0 Å². The Hall–Kier alpha value is -6.12. The van der Waals surface area contributed by atoms with E-state index < -0.39 is 0 Å². The van der Waals surface area contributed by atoms with Gasteiger partial charge < -0.3 is 9.13 Å². The van der Waals surface area contributed by atoms with Crippen LogP contribution in [-0.2, 0) is 6.42 Å². The molecular weight excluding hydrogens is 605 g/mol. The van der Waals surface area contributed by atoms with Gasteiger partial charge in [-0.3, -0.25) is 0 Å². The molecule has 1 atom stereocenters. The summed E-state index contributed by atoms with van der Waals surface area (Å²) in [4.78, 5) is 0. The van der Waals surface area contributed by atoms with Gasteiger partial charge in [-0.2, -0.15) is 0 Å². The number of hydrogen-bond acceptors (Lipinski definition) is 0. The van der Waals surface area contributed by atoms with Crippen LogP contribution in [0.3, 0.4) is 0 Å². The first-order valence-corrected chi connectivity index (χ1v) is 17.8. The number of nitrogens with zero attached hydrogens (tertiary/aromatic N) is 2. The third-order valence-corrected chi connectivity index (χ3v) is 10.8. The van der Waals surface area contributed by atoms with Crippen molar-refractivity contribution in [2.24, 2.45) is 0 Å². The molecule has 0 saturated carbocycles. The average molecular weight is 641 g/mol. The molecule has 0 amide bonds. The maximum Gasteiger partial charge on any atom is 0.0540 e. The first-order valence-electron chi connectivity index (χ1n) is 17.8. The third-order valence-electron chi connectivity index (χ3n) is 10.8. The minimum Gasteiger partial charge on any atom is -0.312 e. The Balaban J connectivity index is 1.16. The average Bonchev–Trinajstić information content (AvgIpc) is 3.71. The molecule has 2 aliphatic rings. The lowest BCUT2D eigenvalue weighted by molar-refractivity contribution is 0.832. The Morgan fingerprint density at radius 1 is 0.480 bits per heavy atom. The SMILES string of the molecule is C1=CCC(c2ccccc2-c2ccccc2-c2ccccc2-n2c3c(c4ccccc42)CCC=C3)C(n2c3ccccc3c3ccccc32)=C1. The van der Waals surface area contributed by atoms with Gasteiger partial charge in [0.05, 0.1) is 22.2 Å². The van der Waals surface area contributed by atoms with E-state index in [9.17, 15) is 0 Å². The molecular formula is C48H36N2. The van der Waals surface area contributed by atoms with Crippen molar-refractivity contribution in [1.82, 2.24) is 9.13 Å². The number of hydrogen-bond donors (Lipinski definition) is 0. The second kappa shape index (κ2) is 11.8. The van der Waals surface area contributed by atoms with Crippen LogP contribution in [0.25, 0.3) is 72.4 Å². The monoisotopic (exact) mass is 640 g/mol. The van der Waals surface area contributed by atoms with Gasteiger partial charge in [0, 0.05) is 39.0 Å². The molecule has 6 aromatic carbocycles. The molecule has 1 unspecified atom stereocenters. The van der Waals surface area contributed by atoms with Crippen molar-refractivity contribution >= 4 is 44.5 Å². The molecule has 0 bridgehead atoms. The van der Waals surface area contributed by atoms with Gasteiger partial charge in [-0.05, 0) is 83.5 Å². The largest absolute Gasteiger partial charge is 0.312 e. The van der Waals surface area contributed by atoms with E-state index in [1.807, 2.05) is 0 Å². The van der Waals surface area contributed by atoms with Crippen molar-refractivity contribution < 1.29 is 0 Å². The standard InChI is InChI=1S/C48H36N2/c1-3-19-35(37-21-5-11-27-43(37)49-45-29-13-7-23-39(45)40-24-8-14-30-46(40)49)33(17-1)34-18-2-4-20-36(34)38-22-6-12-28-44(38)50-47-31-15-9-25-41(47)42-26-10-16-32-48(42)50/h1-9,11-20,22-25,27-32,37H,10,21,26H2. The van der Waals surface area contributed by atoms with Gasteiger partial charge in [-0.25, -0.2) is 0 Å². The van der Waals surface area contributed by atoms with Crippen LogP contribution in [0.1, 0.15) is 35.6 Å². The van der Waals surface area contributed by atoms with Crippen LogP contribution < -0.4 is 0 Å².